The van der Waals surface area contributed by atoms with E-state index in [4.69, 9.17) is 21.1 Å². The number of carbonyl (C=O) groups excluding carboxylic acids is 1. The average molecular weight is 270 g/mol. The van der Waals surface area contributed by atoms with E-state index in [2.05, 4.69) is 4.99 Å². The Balaban J connectivity index is 3.53. The smallest absolute Gasteiger partial charge is 0.235 e. The van der Waals surface area contributed by atoms with E-state index in [9.17, 15) is 4.79 Å². The molecule has 0 fully saturated rings. The summed E-state index contributed by atoms with van der Waals surface area (Å²) in [5.41, 5.74) is 1.67. The minimum Gasteiger partial charge on any atom is -0.493 e. The molecule has 0 aromatic heterocycles. The molecule has 1 aromatic rings. The van der Waals surface area contributed by atoms with Gasteiger partial charge < -0.3 is 9.47 Å². The molecular weight excluding hydrogens is 254 g/mol. The normalized spacial score (nSPS) is 10.1. The molecule has 0 amide bonds. The first-order chi connectivity index (χ1) is 8.56. The highest BCUT2D eigenvalue weighted by Gasteiger charge is 2.20. The van der Waals surface area contributed by atoms with Gasteiger partial charge in [-0.15, -0.1) is 0 Å². The van der Waals surface area contributed by atoms with Crippen LogP contribution in [0.15, 0.2) is 11.1 Å². The van der Waals surface area contributed by atoms with Crippen LogP contribution in [0.1, 0.15) is 30.9 Å². The third-order valence-corrected chi connectivity index (χ3v) is 2.98. The minimum atomic E-state index is 0.171. The summed E-state index contributed by atoms with van der Waals surface area (Å²) in [7, 11) is 3.13. The Labute approximate surface area is 112 Å². The summed E-state index contributed by atoms with van der Waals surface area (Å²) >= 11 is 6.20. The van der Waals surface area contributed by atoms with Crippen molar-refractivity contribution in [1.29, 1.82) is 0 Å². The lowest BCUT2D eigenvalue weighted by Crippen LogP contribution is -2.03. The molecule has 0 aliphatic rings. The highest BCUT2D eigenvalue weighted by molar-refractivity contribution is 6.31. The van der Waals surface area contributed by atoms with E-state index < -0.39 is 0 Å². The number of halogens is 1. The van der Waals surface area contributed by atoms with Gasteiger partial charge in [0.1, 0.15) is 0 Å². The van der Waals surface area contributed by atoms with E-state index in [1.807, 2.05) is 13.8 Å². The number of methoxy groups -OCH3 is 2. The molecule has 98 valence electrons. The number of rotatable bonds is 5. The van der Waals surface area contributed by atoms with E-state index in [1.54, 1.807) is 20.3 Å². The third-order valence-electron chi connectivity index (χ3n) is 2.64. The fourth-order valence-corrected chi connectivity index (χ4v) is 2.17. The highest BCUT2D eigenvalue weighted by atomic mass is 35.5. The Morgan fingerprint density at radius 2 is 2.06 bits per heavy atom. The maximum atomic E-state index is 10.3. The molecule has 0 atom stereocenters. The third kappa shape index (κ3) is 2.84. The quantitative estimate of drug-likeness (QED) is 0.609. The van der Waals surface area contributed by atoms with Gasteiger partial charge in [0.2, 0.25) is 6.08 Å². The van der Waals surface area contributed by atoms with Crippen LogP contribution in [0, 0.1) is 0 Å². The van der Waals surface area contributed by atoms with Crippen molar-refractivity contribution in [3.8, 4) is 11.5 Å². The Kier molecular flexibility index (Phi) is 5.20. The summed E-state index contributed by atoms with van der Waals surface area (Å²) in [6.07, 6.45) is 1.52. The fraction of sp³-hybridized carbons (Fsp3) is 0.462. The maximum absolute atomic E-state index is 10.3. The lowest BCUT2D eigenvalue weighted by molar-refractivity contribution is 0.350. The van der Waals surface area contributed by atoms with Crippen LogP contribution >= 0.6 is 11.6 Å². The number of isocyanates is 1. The Hall–Kier alpha value is -1.51. The summed E-state index contributed by atoms with van der Waals surface area (Å²) in [6, 6.07) is 1.67. The van der Waals surface area contributed by atoms with E-state index in [0.717, 1.165) is 11.1 Å². The Bertz CT molecular complexity index is 480. The Morgan fingerprint density at radius 3 is 2.50 bits per heavy atom. The summed E-state index contributed by atoms with van der Waals surface area (Å²) in [5.74, 6) is 1.38. The number of hydrogen-bond donors (Lipinski definition) is 0. The molecule has 0 spiro atoms. The lowest BCUT2D eigenvalue weighted by Gasteiger charge is -2.19. The van der Waals surface area contributed by atoms with Gasteiger partial charge in [0, 0.05) is 22.2 Å². The first kappa shape index (κ1) is 14.6. The summed E-state index contributed by atoms with van der Waals surface area (Å²) in [5, 5.41) is 0.510. The van der Waals surface area contributed by atoms with E-state index in [1.165, 1.54) is 6.08 Å². The molecule has 0 unspecified atom stereocenters. The van der Waals surface area contributed by atoms with E-state index in [0.29, 0.717) is 16.5 Å². The van der Waals surface area contributed by atoms with Crippen molar-refractivity contribution >= 4 is 17.7 Å². The molecule has 5 heteroatoms. The molecule has 0 bridgehead atoms. The standard InChI is InChI=1S/C13H16ClNO3/c1-8(2)12-9(6-15-7-16)10(14)5-11(17-3)13(12)18-4/h5,8H,6H2,1-4H3. The van der Waals surface area contributed by atoms with Gasteiger partial charge in [0.15, 0.2) is 11.5 Å². The topological polar surface area (TPSA) is 47.9 Å². The zero-order valence-electron chi connectivity index (χ0n) is 10.9. The molecule has 0 heterocycles. The van der Waals surface area contributed by atoms with Crippen LogP contribution in [0.3, 0.4) is 0 Å². The predicted molar refractivity (Wildman–Crippen MR) is 70.5 cm³/mol. The number of benzene rings is 1. The van der Waals surface area contributed by atoms with Crippen LogP contribution in [-0.4, -0.2) is 20.3 Å². The minimum absolute atomic E-state index is 0.171. The average Bonchev–Trinajstić information content (AvgIpc) is 2.35. The monoisotopic (exact) mass is 269 g/mol. The number of aliphatic imine (C=N–C) groups is 1. The first-order valence-electron chi connectivity index (χ1n) is 5.53. The largest absolute Gasteiger partial charge is 0.493 e. The van der Waals surface area contributed by atoms with Gasteiger partial charge in [-0.05, 0) is 5.92 Å². The van der Waals surface area contributed by atoms with Crippen LogP contribution in [-0.2, 0) is 11.3 Å². The van der Waals surface area contributed by atoms with Gasteiger partial charge >= 0.3 is 0 Å². The molecule has 4 nitrogen and oxygen atoms in total. The van der Waals surface area contributed by atoms with Gasteiger partial charge in [-0.1, -0.05) is 25.4 Å². The van der Waals surface area contributed by atoms with Crippen molar-refractivity contribution < 1.29 is 14.3 Å². The Morgan fingerprint density at radius 1 is 1.39 bits per heavy atom. The molecule has 0 saturated carbocycles. The van der Waals surface area contributed by atoms with Crippen molar-refractivity contribution in [2.75, 3.05) is 14.2 Å². The van der Waals surface area contributed by atoms with Crippen LogP contribution in [0.4, 0.5) is 0 Å². The second-order valence-electron chi connectivity index (χ2n) is 4.05. The van der Waals surface area contributed by atoms with E-state index in [-0.39, 0.29) is 12.5 Å². The molecule has 0 radical (unpaired) electrons. The van der Waals surface area contributed by atoms with Gasteiger partial charge in [-0.3, -0.25) is 0 Å². The second kappa shape index (κ2) is 6.43. The summed E-state index contributed by atoms with van der Waals surface area (Å²) in [6.45, 7) is 4.22. The first-order valence-corrected chi connectivity index (χ1v) is 5.91. The number of ether oxygens (including phenoxy) is 2. The van der Waals surface area contributed by atoms with Crippen LogP contribution < -0.4 is 9.47 Å². The maximum Gasteiger partial charge on any atom is 0.235 e. The van der Waals surface area contributed by atoms with Crippen LogP contribution in [0.5, 0.6) is 11.5 Å². The van der Waals surface area contributed by atoms with Crippen molar-refractivity contribution in [3.63, 3.8) is 0 Å². The summed E-state index contributed by atoms with van der Waals surface area (Å²) in [4.78, 5) is 13.8. The predicted octanol–water partition coefficient (Wildman–Crippen LogP) is 3.32. The van der Waals surface area contributed by atoms with Crippen LogP contribution in [0.2, 0.25) is 5.02 Å². The molecule has 1 aromatic carbocycles. The molecule has 0 saturated heterocycles. The molecule has 0 aliphatic carbocycles. The van der Waals surface area contributed by atoms with Crippen LogP contribution in [0.25, 0.3) is 0 Å². The second-order valence-corrected chi connectivity index (χ2v) is 4.46. The molecule has 18 heavy (non-hydrogen) atoms. The SMILES string of the molecule is COc1cc(Cl)c(CN=C=O)c(C(C)C)c1OC. The van der Waals surface area contributed by atoms with Crippen molar-refractivity contribution in [3.05, 3.63) is 22.2 Å². The van der Waals surface area contributed by atoms with Gasteiger partial charge in [-0.25, -0.2) is 9.79 Å². The van der Waals surface area contributed by atoms with Crippen molar-refractivity contribution in [2.45, 2.75) is 26.3 Å². The lowest BCUT2D eigenvalue weighted by atomic mass is 9.95. The van der Waals surface area contributed by atoms with Gasteiger partial charge in [0.25, 0.3) is 0 Å². The molecular formula is C13H16ClNO3. The molecule has 1 rings (SSSR count). The van der Waals surface area contributed by atoms with Crippen molar-refractivity contribution in [1.82, 2.24) is 0 Å². The molecule has 0 N–H and O–H groups in total. The van der Waals surface area contributed by atoms with Gasteiger partial charge in [0.05, 0.1) is 20.8 Å². The highest BCUT2D eigenvalue weighted by Crippen LogP contribution is 2.42. The number of nitrogens with zero attached hydrogens (tertiary/aromatic N) is 1. The van der Waals surface area contributed by atoms with Crippen molar-refractivity contribution in [2.24, 2.45) is 4.99 Å². The number of hydrogen-bond acceptors (Lipinski definition) is 4. The molecule has 0 aliphatic heterocycles. The zero-order chi connectivity index (χ0) is 13.7. The fourth-order valence-electron chi connectivity index (χ4n) is 1.91. The zero-order valence-corrected chi connectivity index (χ0v) is 11.7. The van der Waals surface area contributed by atoms with Gasteiger partial charge in [-0.2, -0.15) is 0 Å². The van der Waals surface area contributed by atoms with E-state index >= 15 is 0 Å². The summed E-state index contributed by atoms with van der Waals surface area (Å²) < 4.78 is 10.6.